The molecule has 2 heteroatoms. The van der Waals surface area contributed by atoms with E-state index in [9.17, 15) is 9.90 Å². The van der Waals surface area contributed by atoms with Crippen LogP contribution in [0.3, 0.4) is 0 Å². The van der Waals surface area contributed by atoms with Crippen molar-refractivity contribution in [1.82, 2.24) is 0 Å². The number of hydrogen-bond donors (Lipinski definition) is 0. The van der Waals surface area contributed by atoms with Gasteiger partial charge in [0.25, 0.3) is 0 Å². The van der Waals surface area contributed by atoms with E-state index in [2.05, 4.69) is 41.5 Å². The number of carbonyl (C=O) groups excluding carboxylic acids is 1. The molecule has 0 unspecified atom stereocenters. The van der Waals surface area contributed by atoms with E-state index in [4.69, 9.17) is 0 Å². The molecule has 2 nitrogen and oxygen atoms in total. The van der Waals surface area contributed by atoms with E-state index in [0.717, 1.165) is 0 Å². The molecule has 0 aromatic heterocycles. The molecular formula is C12H23O2-. The molecule has 14 heavy (non-hydrogen) atoms. The third kappa shape index (κ3) is 6.93. The van der Waals surface area contributed by atoms with Crippen LogP contribution in [0.5, 0.6) is 0 Å². The summed E-state index contributed by atoms with van der Waals surface area (Å²) in [4.78, 5) is 10.9. The number of rotatable bonds is 3. The SMILES string of the molecule is CC(C)(C)CC(CC(C)(C)C)C(=O)[O-]. The first-order valence-corrected chi connectivity index (χ1v) is 5.22. The highest BCUT2D eigenvalue weighted by Gasteiger charge is 2.24. The summed E-state index contributed by atoms with van der Waals surface area (Å²) in [5.74, 6) is -1.23. The lowest BCUT2D eigenvalue weighted by Crippen LogP contribution is -2.36. The van der Waals surface area contributed by atoms with Crippen molar-refractivity contribution in [3.8, 4) is 0 Å². The van der Waals surface area contributed by atoms with Gasteiger partial charge >= 0.3 is 0 Å². The van der Waals surface area contributed by atoms with Gasteiger partial charge in [-0.3, -0.25) is 0 Å². The molecule has 0 aliphatic heterocycles. The van der Waals surface area contributed by atoms with Crippen molar-refractivity contribution in [3.05, 3.63) is 0 Å². The van der Waals surface area contributed by atoms with E-state index < -0.39 is 5.97 Å². The van der Waals surface area contributed by atoms with E-state index in [1.807, 2.05) is 0 Å². The van der Waals surface area contributed by atoms with Crippen LogP contribution >= 0.6 is 0 Å². The van der Waals surface area contributed by atoms with Crippen molar-refractivity contribution < 1.29 is 9.90 Å². The summed E-state index contributed by atoms with van der Waals surface area (Å²) in [5, 5.41) is 10.9. The molecule has 0 N–H and O–H groups in total. The van der Waals surface area contributed by atoms with Crippen LogP contribution in [0.15, 0.2) is 0 Å². The quantitative estimate of drug-likeness (QED) is 0.699. The molecule has 0 amide bonds. The minimum absolute atomic E-state index is 0.0516. The molecular weight excluding hydrogens is 176 g/mol. The summed E-state index contributed by atoms with van der Waals surface area (Å²) in [6, 6.07) is 0. The summed E-state index contributed by atoms with van der Waals surface area (Å²) in [6.45, 7) is 12.4. The number of carboxylic acids is 1. The van der Waals surface area contributed by atoms with Gasteiger partial charge in [0.15, 0.2) is 0 Å². The molecule has 0 aromatic rings. The van der Waals surface area contributed by atoms with Crippen molar-refractivity contribution >= 4 is 5.97 Å². The Balaban J connectivity index is 4.40. The Morgan fingerprint density at radius 1 is 1.00 bits per heavy atom. The second-order valence-electron chi connectivity index (χ2n) is 6.55. The molecule has 0 aliphatic rings. The molecule has 0 rings (SSSR count). The summed E-state index contributed by atoms with van der Waals surface area (Å²) in [5.41, 5.74) is 0.103. The zero-order valence-electron chi connectivity index (χ0n) is 10.3. The molecule has 0 aliphatic carbocycles. The fraction of sp³-hybridized carbons (Fsp3) is 0.917. The van der Waals surface area contributed by atoms with E-state index in [0.29, 0.717) is 12.8 Å². The van der Waals surface area contributed by atoms with Crippen LogP contribution in [0.4, 0.5) is 0 Å². The van der Waals surface area contributed by atoms with Gasteiger partial charge in [-0.2, -0.15) is 0 Å². The summed E-state index contributed by atoms with van der Waals surface area (Å²) < 4.78 is 0. The summed E-state index contributed by atoms with van der Waals surface area (Å²) in [6.07, 6.45) is 1.37. The average molecular weight is 199 g/mol. The highest BCUT2D eigenvalue weighted by molar-refractivity contribution is 5.67. The maximum absolute atomic E-state index is 10.9. The third-order valence-corrected chi connectivity index (χ3v) is 2.05. The van der Waals surface area contributed by atoms with Gasteiger partial charge in [0, 0.05) is 5.97 Å². The molecule has 0 heterocycles. The van der Waals surface area contributed by atoms with Gasteiger partial charge in [-0.1, -0.05) is 41.5 Å². The average Bonchev–Trinajstić information content (AvgIpc) is 1.78. The maximum Gasteiger partial charge on any atom is 0.0445 e. The van der Waals surface area contributed by atoms with Crippen molar-refractivity contribution in [3.63, 3.8) is 0 Å². The Morgan fingerprint density at radius 3 is 1.43 bits per heavy atom. The zero-order chi connectivity index (χ0) is 11.6. The van der Waals surface area contributed by atoms with Crippen LogP contribution in [0.2, 0.25) is 0 Å². The Bertz CT molecular complexity index is 177. The number of aliphatic carboxylic acids is 1. The third-order valence-electron chi connectivity index (χ3n) is 2.05. The van der Waals surface area contributed by atoms with Crippen LogP contribution in [-0.2, 0) is 4.79 Å². The van der Waals surface area contributed by atoms with Gasteiger partial charge < -0.3 is 9.90 Å². The van der Waals surface area contributed by atoms with Gasteiger partial charge in [-0.05, 0) is 29.6 Å². The lowest BCUT2D eigenvalue weighted by molar-refractivity contribution is -0.313. The summed E-state index contributed by atoms with van der Waals surface area (Å²) >= 11 is 0. The predicted octanol–water partition coefficient (Wildman–Crippen LogP) is 2.22. The standard InChI is InChI=1S/C12H24O2/c1-11(2,3)7-9(10(13)14)8-12(4,5)6/h9H,7-8H2,1-6H3,(H,13,14)/p-1. The second-order valence-corrected chi connectivity index (χ2v) is 6.55. The van der Waals surface area contributed by atoms with E-state index >= 15 is 0 Å². The van der Waals surface area contributed by atoms with Crippen LogP contribution < -0.4 is 5.11 Å². The largest absolute Gasteiger partial charge is 0.550 e. The monoisotopic (exact) mass is 199 g/mol. The van der Waals surface area contributed by atoms with Crippen molar-refractivity contribution in [2.75, 3.05) is 0 Å². The first-order valence-electron chi connectivity index (χ1n) is 5.22. The second kappa shape index (κ2) is 4.33. The first kappa shape index (κ1) is 13.5. The number of hydrogen-bond acceptors (Lipinski definition) is 2. The molecule has 0 aromatic carbocycles. The number of carbonyl (C=O) groups is 1. The smallest absolute Gasteiger partial charge is 0.0445 e. The fourth-order valence-electron chi connectivity index (χ4n) is 1.72. The number of carboxylic acid groups (broad SMARTS) is 1. The van der Waals surface area contributed by atoms with Gasteiger partial charge in [0.05, 0.1) is 0 Å². The normalized spacial score (nSPS) is 13.4. The topological polar surface area (TPSA) is 40.1 Å². The molecule has 84 valence electrons. The van der Waals surface area contributed by atoms with Gasteiger partial charge in [-0.25, -0.2) is 0 Å². The van der Waals surface area contributed by atoms with Crippen LogP contribution in [0.1, 0.15) is 54.4 Å². The van der Waals surface area contributed by atoms with Gasteiger partial charge in [0.2, 0.25) is 0 Å². The highest BCUT2D eigenvalue weighted by atomic mass is 16.4. The fourth-order valence-corrected chi connectivity index (χ4v) is 1.72. The molecule has 0 fully saturated rings. The minimum atomic E-state index is -0.908. The Labute approximate surface area is 87.7 Å². The lowest BCUT2D eigenvalue weighted by atomic mass is 9.77. The first-order chi connectivity index (χ1) is 6.01. The van der Waals surface area contributed by atoms with E-state index in [1.165, 1.54) is 0 Å². The molecule has 0 radical (unpaired) electrons. The van der Waals surface area contributed by atoms with Crippen molar-refractivity contribution in [2.24, 2.45) is 16.7 Å². The van der Waals surface area contributed by atoms with Crippen molar-refractivity contribution in [1.29, 1.82) is 0 Å². The van der Waals surface area contributed by atoms with Gasteiger partial charge in [-0.15, -0.1) is 0 Å². The molecule has 0 saturated carbocycles. The predicted molar refractivity (Wildman–Crippen MR) is 56.6 cm³/mol. The molecule has 0 bridgehead atoms. The maximum atomic E-state index is 10.9. The Morgan fingerprint density at radius 2 is 1.29 bits per heavy atom. The van der Waals surface area contributed by atoms with Crippen molar-refractivity contribution in [2.45, 2.75) is 54.4 Å². The zero-order valence-corrected chi connectivity index (χ0v) is 10.3. The Hall–Kier alpha value is -0.530. The highest BCUT2D eigenvalue weighted by Crippen LogP contribution is 2.32. The summed E-state index contributed by atoms with van der Waals surface area (Å²) in [7, 11) is 0. The molecule has 0 atom stereocenters. The lowest BCUT2D eigenvalue weighted by Gasteiger charge is -2.31. The van der Waals surface area contributed by atoms with Crippen LogP contribution in [-0.4, -0.2) is 5.97 Å². The molecule has 0 spiro atoms. The van der Waals surface area contributed by atoms with E-state index in [1.54, 1.807) is 0 Å². The molecule has 0 saturated heterocycles. The van der Waals surface area contributed by atoms with E-state index in [-0.39, 0.29) is 16.7 Å². The van der Waals surface area contributed by atoms with Gasteiger partial charge in [0.1, 0.15) is 0 Å². The Kier molecular flexibility index (Phi) is 4.16. The van der Waals surface area contributed by atoms with Crippen LogP contribution in [0, 0.1) is 16.7 Å². The minimum Gasteiger partial charge on any atom is -0.550 e. The van der Waals surface area contributed by atoms with Crippen LogP contribution in [0.25, 0.3) is 0 Å².